The van der Waals surface area contributed by atoms with E-state index in [0.717, 1.165) is 11.3 Å². The van der Waals surface area contributed by atoms with Crippen molar-refractivity contribution < 1.29 is 0 Å². The van der Waals surface area contributed by atoms with Crippen molar-refractivity contribution in [3.05, 3.63) is 52.2 Å². The summed E-state index contributed by atoms with van der Waals surface area (Å²) in [6.07, 6.45) is 3.17. The van der Waals surface area contributed by atoms with Crippen LogP contribution in [0.15, 0.2) is 35.5 Å². The number of aromatic nitrogens is 4. The summed E-state index contributed by atoms with van der Waals surface area (Å²) < 4.78 is 3.31. The fourth-order valence-electron chi connectivity index (χ4n) is 2.39. The van der Waals surface area contributed by atoms with Crippen molar-refractivity contribution in [1.82, 2.24) is 19.3 Å². The number of nitrogens with zero attached hydrogens (tertiary/aromatic N) is 4. The van der Waals surface area contributed by atoms with E-state index in [0.29, 0.717) is 17.6 Å². The summed E-state index contributed by atoms with van der Waals surface area (Å²) in [6, 6.07) is 6.13. The van der Waals surface area contributed by atoms with E-state index in [-0.39, 0.29) is 5.56 Å². The fourth-order valence-corrected chi connectivity index (χ4v) is 2.39. The van der Waals surface area contributed by atoms with Crippen molar-refractivity contribution in [2.75, 3.05) is 0 Å². The normalized spacial score (nSPS) is 11.2. The van der Waals surface area contributed by atoms with Crippen LogP contribution in [0.25, 0.3) is 16.7 Å². The lowest BCUT2D eigenvalue weighted by Crippen LogP contribution is -2.19. The monoisotopic (exact) mass is 268 g/mol. The van der Waals surface area contributed by atoms with Gasteiger partial charge in [0.05, 0.1) is 18.2 Å². The number of aryl methyl sites for hydroxylation is 3. The summed E-state index contributed by atoms with van der Waals surface area (Å²) in [5.74, 6) is 0. The Labute approximate surface area is 116 Å². The lowest BCUT2D eigenvalue weighted by molar-refractivity contribution is 0.715. The molecule has 0 unspecified atom stereocenters. The Balaban J connectivity index is 2.28. The van der Waals surface area contributed by atoms with Gasteiger partial charge >= 0.3 is 0 Å². The van der Waals surface area contributed by atoms with Crippen LogP contribution in [-0.2, 0) is 6.54 Å². The Kier molecular flexibility index (Phi) is 2.89. The van der Waals surface area contributed by atoms with Gasteiger partial charge in [0.1, 0.15) is 5.39 Å². The average molecular weight is 268 g/mol. The van der Waals surface area contributed by atoms with Gasteiger partial charge in [-0.25, -0.2) is 9.67 Å². The molecule has 0 aliphatic rings. The molecule has 0 atom stereocenters. The van der Waals surface area contributed by atoms with E-state index >= 15 is 0 Å². The van der Waals surface area contributed by atoms with Gasteiger partial charge in [-0.3, -0.25) is 9.36 Å². The Bertz CT molecular complexity index is 845. The molecule has 0 fully saturated rings. The molecule has 102 valence electrons. The maximum atomic E-state index is 12.2. The van der Waals surface area contributed by atoms with Gasteiger partial charge in [-0.05, 0) is 32.4 Å². The van der Waals surface area contributed by atoms with Crippen molar-refractivity contribution in [1.29, 1.82) is 0 Å². The van der Waals surface area contributed by atoms with E-state index in [1.165, 1.54) is 5.56 Å². The highest BCUT2D eigenvalue weighted by Crippen LogP contribution is 2.18. The third-order valence-electron chi connectivity index (χ3n) is 3.48. The highest BCUT2D eigenvalue weighted by Gasteiger charge is 2.12. The quantitative estimate of drug-likeness (QED) is 0.716. The second kappa shape index (κ2) is 4.59. The number of hydrogen-bond donors (Lipinski definition) is 0. The van der Waals surface area contributed by atoms with Crippen LogP contribution in [0, 0.1) is 13.8 Å². The summed E-state index contributed by atoms with van der Waals surface area (Å²) in [7, 11) is 0. The molecule has 0 aliphatic carbocycles. The molecule has 0 saturated carbocycles. The maximum absolute atomic E-state index is 12.2. The largest absolute Gasteiger partial charge is 0.299 e. The summed E-state index contributed by atoms with van der Waals surface area (Å²) in [6.45, 7) is 6.61. The van der Waals surface area contributed by atoms with E-state index < -0.39 is 0 Å². The van der Waals surface area contributed by atoms with Gasteiger partial charge in [-0.1, -0.05) is 17.7 Å². The molecule has 5 nitrogen and oxygen atoms in total. The minimum absolute atomic E-state index is 0.0477. The first-order valence-corrected chi connectivity index (χ1v) is 6.62. The topological polar surface area (TPSA) is 52.7 Å². The van der Waals surface area contributed by atoms with E-state index in [1.54, 1.807) is 21.8 Å². The first-order valence-electron chi connectivity index (χ1n) is 6.62. The van der Waals surface area contributed by atoms with Crippen LogP contribution in [0.5, 0.6) is 0 Å². The first kappa shape index (κ1) is 12.6. The van der Waals surface area contributed by atoms with Gasteiger partial charge in [0.15, 0.2) is 5.65 Å². The van der Waals surface area contributed by atoms with Gasteiger partial charge in [-0.2, -0.15) is 5.10 Å². The molecule has 0 spiro atoms. The Hall–Kier alpha value is -2.43. The van der Waals surface area contributed by atoms with Crippen molar-refractivity contribution in [2.24, 2.45) is 0 Å². The fraction of sp³-hybridized carbons (Fsp3) is 0.267. The molecule has 0 radical (unpaired) electrons. The molecule has 3 aromatic rings. The summed E-state index contributed by atoms with van der Waals surface area (Å²) in [4.78, 5) is 16.6. The van der Waals surface area contributed by atoms with Gasteiger partial charge in [0.2, 0.25) is 0 Å². The van der Waals surface area contributed by atoms with Gasteiger partial charge in [0, 0.05) is 6.54 Å². The predicted molar refractivity (Wildman–Crippen MR) is 78.3 cm³/mol. The standard InChI is InChI=1S/C15H16N4O/c1-4-18-9-16-14-12(15(18)20)8-17-19(14)13-6-5-10(2)7-11(13)3/h5-9H,4H2,1-3H3. The molecule has 20 heavy (non-hydrogen) atoms. The molecule has 0 bridgehead atoms. The van der Waals surface area contributed by atoms with Crippen molar-refractivity contribution in [3.8, 4) is 5.69 Å². The Morgan fingerprint density at radius 3 is 2.75 bits per heavy atom. The molecule has 1 aromatic carbocycles. The minimum atomic E-state index is -0.0477. The predicted octanol–water partition coefficient (Wildman–Crippen LogP) is 2.22. The zero-order valence-electron chi connectivity index (χ0n) is 11.8. The Morgan fingerprint density at radius 1 is 1.25 bits per heavy atom. The zero-order valence-corrected chi connectivity index (χ0v) is 11.8. The number of rotatable bonds is 2. The number of benzene rings is 1. The summed E-state index contributed by atoms with van der Waals surface area (Å²) in [5, 5.41) is 4.88. The van der Waals surface area contributed by atoms with Gasteiger partial charge in [-0.15, -0.1) is 0 Å². The first-order chi connectivity index (χ1) is 9.61. The molecule has 5 heteroatoms. The zero-order chi connectivity index (χ0) is 14.3. The summed E-state index contributed by atoms with van der Waals surface area (Å²) in [5.41, 5.74) is 3.81. The van der Waals surface area contributed by atoms with Crippen LogP contribution in [0.2, 0.25) is 0 Å². The highest BCUT2D eigenvalue weighted by molar-refractivity contribution is 5.75. The SMILES string of the molecule is CCn1cnc2c(cnn2-c2ccc(C)cc2C)c1=O. The van der Waals surface area contributed by atoms with Crippen LogP contribution in [0.4, 0.5) is 0 Å². The van der Waals surface area contributed by atoms with Crippen LogP contribution >= 0.6 is 0 Å². The molecule has 3 rings (SSSR count). The second-order valence-electron chi connectivity index (χ2n) is 4.92. The van der Waals surface area contributed by atoms with Crippen LogP contribution in [0.3, 0.4) is 0 Å². The highest BCUT2D eigenvalue weighted by atomic mass is 16.1. The van der Waals surface area contributed by atoms with Crippen molar-refractivity contribution in [3.63, 3.8) is 0 Å². The van der Waals surface area contributed by atoms with Crippen LogP contribution in [-0.4, -0.2) is 19.3 Å². The Morgan fingerprint density at radius 2 is 2.05 bits per heavy atom. The second-order valence-corrected chi connectivity index (χ2v) is 4.92. The van der Waals surface area contributed by atoms with Crippen LogP contribution in [0.1, 0.15) is 18.1 Å². The lowest BCUT2D eigenvalue weighted by atomic mass is 10.1. The van der Waals surface area contributed by atoms with E-state index in [2.05, 4.69) is 23.1 Å². The smallest absolute Gasteiger partial charge is 0.264 e. The number of hydrogen-bond acceptors (Lipinski definition) is 3. The maximum Gasteiger partial charge on any atom is 0.264 e. The lowest BCUT2D eigenvalue weighted by Gasteiger charge is -2.08. The molecule has 0 amide bonds. The minimum Gasteiger partial charge on any atom is -0.299 e. The number of fused-ring (bicyclic) bond motifs is 1. The molecule has 0 N–H and O–H groups in total. The van der Waals surface area contributed by atoms with E-state index in [4.69, 9.17) is 0 Å². The molecule has 2 aromatic heterocycles. The average Bonchev–Trinajstić information content (AvgIpc) is 2.84. The van der Waals surface area contributed by atoms with Crippen molar-refractivity contribution in [2.45, 2.75) is 27.3 Å². The summed E-state index contributed by atoms with van der Waals surface area (Å²) >= 11 is 0. The molecule has 0 aliphatic heterocycles. The van der Waals surface area contributed by atoms with E-state index in [1.807, 2.05) is 26.0 Å². The van der Waals surface area contributed by atoms with Crippen molar-refractivity contribution >= 4 is 11.0 Å². The molecule has 0 saturated heterocycles. The van der Waals surface area contributed by atoms with Gasteiger partial charge in [0.25, 0.3) is 5.56 Å². The third-order valence-corrected chi connectivity index (χ3v) is 3.48. The van der Waals surface area contributed by atoms with Crippen LogP contribution < -0.4 is 5.56 Å². The van der Waals surface area contributed by atoms with Gasteiger partial charge < -0.3 is 0 Å². The third kappa shape index (κ3) is 1.82. The molecule has 2 heterocycles. The molecular weight excluding hydrogens is 252 g/mol. The molecular formula is C15H16N4O. The van der Waals surface area contributed by atoms with E-state index in [9.17, 15) is 4.79 Å².